The van der Waals surface area contributed by atoms with Gasteiger partial charge in [0.05, 0.1) is 6.54 Å². The van der Waals surface area contributed by atoms with Gasteiger partial charge in [-0.1, -0.05) is 54.1 Å². The van der Waals surface area contributed by atoms with E-state index in [1.165, 1.54) is 11.3 Å². The van der Waals surface area contributed by atoms with E-state index in [-0.39, 0.29) is 6.42 Å². The van der Waals surface area contributed by atoms with Gasteiger partial charge in [-0.25, -0.2) is 9.78 Å². The number of aromatic nitrogens is 3. The first-order valence-corrected chi connectivity index (χ1v) is 13.3. The van der Waals surface area contributed by atoms with Gasteiger partial charge in [-0.3, -0.25) is 4.79 Å². The van der Waals surface area contributed by atoms with Crippen LogP contribution in [0.2, 0.25) is 5.02 Å². The molecule has 0 aliphatic rings. The summed E-state index contributed by atoms with van der Waals surface area (Å²) >= 11 is 7.61. The largest absolute Gasteiger partial charge is 0.480 e. The maximum Gasteiger partial charge on any atom is 0.326 e. The van der Waals surface area contributed by atoms with Crippen LogP contribution in [0.5, 0.6) is 0 Å². The van der Waals surface area contributed by atoms with E-state index < -0.39 is 17.9 Å². The lowest BCUT2D eigenvalue weighted by atomic mass is 9.98. The third kappa shape index (κ3) is 6.73. The molecular weight excluding hydrogens is 522 g/mol. The molecule has 2 heterocycles. The third-order valence-corrected chi connectivity index (χ3v) is 7.23. The highest BCUT2D eigenvalue weighted by atomic mass is 35.5. The number of amides is 1. The average Bonchev–Trinajstić information content (AvgIpc) is 3.36. The number of carboxylic acid groups (broad SMARTS) is 1. The molecule has 8 nitrogen and oxygen atoms in total. The number of nitrogens with zero attached hydrogens (tertiary/aromatic N) is 3. The van der Waals surface area contributed by atoms with E-state index in [4.69, 9.17) is 11.6 Å². The zero-order valence-corrected chi connectivity index (χ0v) is 22.9. The number of halogens is 1. The Labute approximate surface area is 230 Å². The Balaban J connectivity index is 1.41. The molecule has 4 rings (SSSR count). The second-order valence-electron chi connectivity index (χ2n) is 8.95. The summed E-state index contributed by atoms with van der Waals surface area (Å²) < 4.78 is 0. The van der Waals surface area contributed by atoms with E-state index in [0.717, 1.165) is 38.1 Å². The molecule has 3 N–H and O–H groups in total. The fraction of sp³-hybridized carbons (Fsp3) is 0.250. The predicted molar refractivity (Wildman–Crippen MR) is 150 cm³/mol. The number of hydrogen-bond donors (Lipinski definition) is 3. The van der Waals surface area contributed by atoms with Crippen LogP contribution in [0.15, 0.2) is 54.7 Å². The highest BCUT2D eigenvalue weighted by molar-refractivity contribution is 7.14. The zero-order valence-electron chi connectivity index (χ0n) is 21.3. The monoisotopic (exact) mass is 549 g/mol. The second-order valence-corrected chi connectivity index (χ2v) is 10.4. The molecule has 38 heavy (non-hydrogen) atoms. The molecule has 10 heteroatoms. The number of carbonyl (C=O) groups excluding carboxylic acids is 1. The van der Waals surface area contributed by atoms with E-state index >= 15 is 0 Å². The zero-order chi connectivity index (χ0) is 27.2. The summed E-state index contributed by atoms with van der Waals surface area (Å²) in [5.74, 6) is -0.740. The first-order valence-electron chi connectivity index (χ1n) is 12.1. The molecule has 0 aliphatic heterocycles. The molecule has 0 aliphatic carbocycles. The van der Waals surface area contributed by atoms with Crippen LogP contribution in [0.4, 0.5) is 5.82 Å². The van der Waals surface area contributed by atoms with E-state index in [2.05, 4.69) is 25.8 Å². The minimum absolute atomic E-state index is 0.143. The molecule has 2 aromatic heterocycles. The minimum atomic E-state index is -1.10. The molecule has 4 aromatic rings. The highest BCUT2D eigenvalue weighted by Crippen LogP contribution is 2.25. The third-order valence-electron chi connectivity index (χ3n) is 6.04. The molecule has 1 atom stereocenters. The van der Waals surface area contributed by atoms with Crippen molar-refractivity contribution in [2.75, 3.05) is 5.32 Å². The van der Waals surface area contributed by atoms with Gasteiger partial charge in [-0.05, 0) is 66.8 Å². The normalized spacial score (nSPS) is 11.7. The lowest BCUT2D eigenvalue weighted by Gasteiger charge is -2.18. The minimum Gasteiger partial charge on any atom is -0.480 e. The van der Waals surface area contributed by atoms with Crippen molar-refractivity contribution in [3.63, 3.8) is 0 Å². The summed E-state index contributed by atoms with van der Waals surface area (Å²) in [6, 6.07) is 13.7. The van der Waals surface area contributed by atoms with Crippen LogP contribution in [0.25, 0.3) is 10.6 Å². The van der Waals surface area contributed by atoms with E-state index in [9.17, 15) is 14.7 Å². The lowest BCUT2D eigenvalue weighted by molar-refractivity contribution is -0.139. The van der Waals surface area contributed by atoms with Gasteiger partial charge in [-0.15, -0.1) is 10.2 Å². The summed E-state index contributed by atoms with van der Waals surface area (Å²) in [7, 11) is 0. The number of benzene rings is 2. The first-order chi connectivity index (χ1) is 18.2. The molecule has 0 saturated carbocycles. The maximum absolute atomic E-state index is 13.0. The number of aliphatic carboxylic acids is 1. The first kappa shape index (κ1) is 27.2. The summed E-state index contributed by atoms with van der Waals surface area (Å²) in [5, 5.41) is 26.4. The molecule has 2 aromatic carbocycles. The van der Waals surface area contributed by atoms with Crippen molar-refractivity contribution in [2.45, 2.75) is 46.2 Å². The van der Waals surface area contributed by atoms with E-state index in [1.54, 1.807) is 25.3 Å². The van der Waals surface area contributed by atoms with Crippen molar-refractivity contribution in [2.24, 2.45) is 0 Å². The molecule has 1 amide bonds. The van der Waals surface area contributed by atoms with Gasteiger partial charge in [0.1, 0.15) is 21.9 Å². The lowest BCUT2D eigenvalue weighted by Crippen LogP contribution is -2.42. The predicted octanol–water partition coefficient (Wildman–Crippen LogP) is 5.47. The van der Waals surface area contributed by atoms with Crippen LogP contribution in [-0.2, 0) is 24.2 Å². The smallest absolute Gasteiger partial charge is 0.326 e. The van der Waals surface area contributed by atoms with Gasteiger partial charge in [0, 0.05) is 28.8 Å². The molecular formula is C28H28ClN5O3S. The molecule has 1 unspecified atom stereocenters. The van der Waals surface area contributed by atoms with Crippen molar-refractivity contribution >= 4 is 40.6 Å². The number of aryl methyl sites for hydroxylation is 3. The highest BCUT2D eigenvalue weighted by Gasteiger charge is 2.24. The summed E-state index contributed by atoms with van der Waals surface area (Å²) in [4.78, 5) is 29.3. The van der Waals surface area contributed by atoms with Gasteiger partial charge >= 0.3 is 5.97 Å². The van der Waals surface area contributed by atoms with Crippen LogP contribution in [-0.4, -0.2) is 38.2 Å². The van der Waals surface area contributed by atoms with Crippen LogP contribution in [0, 0.1) is 13.8 Å². The number of rotatable bonds is 10. The van der Waals surface area contributed by atoms with Crippen LogP contribution in [0.3, 0.4) is 0 Å². The topological polar surface area (TPSA) is 117 Å². The maximum atomic E-state index is 13.0. The molecule has 196 valence electrons. The van der Waals surface area contributed by atoms with Gasteiger partial charge in [-0.2, -0.15) is 0 Å². The van der Waals surface area contributed by atoms with Crippen molar-refractivity contribution in [1.29, 1.82) is 0 Å². The van der Waals surface area contributed by atoms with Crippen molar-refractivity contribution in [1.82, 2.24) is 20.5 Å². The Morgan fingerprint density at radius 1 is 1.08 bits per heavy atom. The molecule has 0 bridgehead atoms. The summed E-state index contributed by atoms with van der Waals surface area (Å²) in [5.41, 5.74) is 4.74. The van der Waals surface area contributed by atoms with Gasteiger partial charge in [0.15, 0.2) is 0 Å². The number of carboxylic acids is 1. The van der Waals surface area contributed by atoms with E-state index in [0.29, 0.717) is 29.1 Å². The van der Waals surface area contributed by atoms with E-state index in [1.807, 2.05) is 50.2 Å². The average molecular weight is 550 g/mol. The second kappa shape index (κ2) is 12.1. The Hall–Kier alpha value is -3.82. The number of nitrogens with one attached hydrogen (secondary N) is 2. The quantitative estimate of drug-likeness (QED) is 0.240. The Bertz CT molecular complexity index is 1460. The van der Waals surface area contributed by atoms with Crippen molar-refractivity contribution < 1.29 is 14.7 Å². The Morgan fingerprint density at radius 2 is 1.84 bits per heavy atom. The van der Waals surface area contributed by atoms with Crippen LogP contribution >= 0.6 is 22.9 Å². The van der Waals surface area contributed by atoms with Crippen LogP contribution in [0.1, 0.15) is 44.5 Å². The van der Waals surface area contributed by atoms with Gasteiger partial charge in [0.25, 0.3) is 5.91 Å². The molecule has 0 radical (unpaired) electrons. The summed E-state index contributed by atoms with van der Waals surface area (Å²) in [6.07, 6.45) is 2.51. The van der Waals surface area contributed by atoms with Crippen LogP contribution < -0.4 is 10.6 Å². The summed E-state index contributed by atoms with van der Waals surface area (Å²) in [6.45, 7) is 6.24. The Morgan fingerprint density at radius 3 is 2.53 bits per heavy atom. The number of pyridine rings is 1. The Kier molecular flexibility index (Phi) is 8.70. The SMILES string of the molecule is CCc1cc(Cl)cc(C)c1C(=O)NC(Cc1ccc(-c2nnc(CNc3cc(C)ccn3)s2)cc1)C(=O)O. The number of hydrogen-bond acceptors (Lipinski definition) is 7. The fourth-order valence-electron chi connectivity index (χ4n) is 4.11. The van der Waals surface area contributed by atoms with Crippen molar-refractivity contribution in [3.8, 4) is 10.6 Å². The van der Waals surface area contributed by atoms with Crippen molar-refractivity contribution in [3.05, 3.63) is 92.6 Å². The fourth-order valence-corrected chi connectivity index (χ4v) is 5.19. The molecule has 0 spiro atoms. The number of carbonyl (C=O) groups is 2. The van der Waals surface area contributed by atoms with Gasteiger partial charge in [0.2, 0.25) is 0 Å². The molecule has 0 saturated heterocycles. The standard InChI is InChI=1S/C28H28ClN5O3S/c1-4-19-14-21(29)12-17(3)25(19)26(35)32-22(28(36)37)13-18-5-7-20(8-6-18)27-34-33-24(38-27)15-31-23-11-16(2)9-10-30-23/h5-12,14,22H,4,13,15H2,1-3H3,(H,30,31)(H,32,35)(H,36,37). The number of anilines is 1. The van der Waals surface area contributed by atoms with Gasteiger partial charge < -0.3 is 15.7 Å². The molecule has 0 fully saturated rings.